The number of benzene rings is 3. The molecular formula is C39H40N2O6S2. The van der Waals surface area contributed by atoms with Crippen molar-refractivity contribution in [1.29, 1.82) is 0 Å². The summed E-state index contributed by atoms with van der Waals surface area (Å²) in [5.74, 6) is -1.72. The van der Waals surface area contributed by atoms with Crippen LogP contribution in [0.4, 0.5) is 0 Å². The van der Waals surface area contributed by atoms with Crippen LogP contribution in [-0.2, 0) is 20.9 Å². The van der Waals surface area contributed by atoms with Gasteiger partial charge in [-0.1, -0.05) is 105 Å². The maximum atomic E-state index is 13.0. The number of ether oxygens (including phenoxy) is 1. The number of carboxylic acids is 1. The summed E-state index contributed by atoms with van der Waals surface area (Å²) in [4.78, 5) is 51.2. The van der Waals surface area contributed by atoms with E-state index >= 15 is 0 Å². The van der Waals surface area contributed by atoms with E-state index in [1.807, 2.05) is 91.0 Å². The van der Waals surface area contributed by atoms with E-state index in [9.17, 15) is 24.3 Å². The Morgan fingerprint density at radius 3 is 1.55 bits per heavy atom. The molecule has 2 saturated carbocycles. The van der Waals surface area contributed by atoms with Crippen LogP contribution in [0, 0.1) is 0 Å². The number of carbonyl (C=O) groups is 4. The van der Waals surface area contributed by atoms with Crippen molar-refractivity contribution in [2.24, 2.45) is 0 Å². The summed E-state index contributed by atoms with van der Waals surface area (Å²) in [6.45, 7) is 0.222. The van der Waals surface area contributed by atoms with Gasteiger partial charge in [0.2, 0.25) is 0 Å². The van der Waals surface area contributed by atoms with Crippen molar-refractivity contribution in [1.82, 2.24) is 10.6 Å². The second-order valence-electron chi connectivity index (χ2n) is 12.9. The average Bonchev–Trinajstić information content (AvgIpc) is 3.77. The fourth-order valence-electron chi connectivity index (χ4n) is 6.69. The number of carboxylic acid groups (broad SMARTS) is 1. The molecule has 5 aromatic rings. The zero-order valence-corrected chi connectivity index (χ0v) is 28.9. The quantitative estimate of drug-likeness (QED) is 0.140. The average molecular weight is 697 g/mol. The highest BCUT2D eigenvalue weighted by Gasteiger charge is 2.43. The van der Waals surface area contributed by atoms with Gasteiger partial charge in [-0.3, -0.25) is 9.59 Å². The molecule has 49 heavy (non-hydrogen) atoms. The third-order valence-corrected chi connectivity index (χ3v) is 11.7. The highest BCUT2D eigenvalue weighted by molar-refractivity contribution is 7.21. The smallest absolute Gasteiger partial charge is 0.332 e. The van der Waals surface area contributed by atoms with Crippen LogP contribution in [0.5, 0.6) is 0 Å². The summed E-state index contributed by atoms with van der Waals surface area (Å²) in [6.07, 6.45) is 7.89. The van der Waals surface area contributed by atoms with Crippen molar-refractivity contribution in [2.75, 3.05) is 0 Å². The first-order chi connectivity index (χ1) is 23.8. The van der Waals surface area contributed by atoms with Crippen LogP contribution in [0.3, 0.4) is 0 Å². The third-order valence-electron chi connectivity index (χ3n) is 9.43. The normalized spacial score (nSPS) is 16.6. The molecule has 2 fully saturated rings. The molecule has 8 nitrogen and oxygen atoms in total. The summed E-state index contributed by atoms with van der Waals surface area (Å²) in [6, 6.07) is 29.0. The topological polar surface area (TPSA) is 122 Å². The molecule has 7 rings (SSSR count). The molecule has 254 valence electrons. The largest absolute Gasteiger partial charge is 0.480 e. The first kappa shape index (κ1) is 34.3. The monoisotopic (exact) mass is 696 g/mol. The van der Waals surface area contributed by atoms with E-state index in [-0.39, 0.29) is 24.4 Å². The summed E-state index contributed by atoms with van der Waals surface area (Å²) in [5.41, 5.74) is -1.08. The number of fused-ring (bicyclic) bond motifs is 2. The van der Waals surface area contributed by atoms with Crippen molar-refractivity contribution in [2.45, 2.75) is 81.9 Å². The second-order valence-corrected chi connectivity index (χ2v) is 15.0. The van der Waals surface area contributed by atoms with Crippen LogP contribution in [0.1, 0.15) is 89.1 Å². The minimum absolute atomic E-state index is 0.195. The van der Waals surface area contributed by atoms with E-state index in [1.54, 1.807) is 0 Å². The molecule has 3 aromatic carbocycles. The van der Waals surface area contributed by atoms with Gasteiger partial charge in [0.15, 0.2) is 0 Å². The molecule has 10 heteroatoms. The fourth-order valence-corrected chi connectivity index (χ4v) is 8.61. The lowest BCUT2D eigenvalue weighted by Crippen LogP contribution is -2.56. The summed E-state index contributed by atoms with van der Waals surface area (Å²) >= 11 is 2.85. The zero-order chi connectivity index (χ0) is 34.3. The Morgan fingerprint density at radius 2 is 1.06 bits per heavy atom. The van der Waals surface area contributed by atoms with Gasteiger partial charge in [0.25, 0.3) is 11.8 Å². The second kappa shape index (κ2) is 15.3. The summed E-state index contributed by atoms with van der Waals surface area (Å²) in [5, 5.41) is 17.4. The number of carbonyl (C=O) groups excluding carboxylic acids is 3. The minimum atomic E-state index is -1.09. The Morgan fingerprint density at radius 1 is 0.612 bits per heavy atom. The van der Waals surface area contributed by atoms with Gasteiger partial charge < -0.3 is 20.5 Å². The molecule has 0 atom stereocenters. The molecule has 2 aliphatic carbocycles. The van der Waals surface area contributed by atoms with E-state index in [2.05, 4.69) is 10.6 Å². The van der Waals surface area contributed by atoms with Crippen molar-refractivity contribution in [3.8, 4) is 0 Å². The first-order valence-electron chi connectivity index (χ1n) is 16.8. The minimum Gasteiger partial charge on any atom is -0.480 e. The highest BCUT2D eigenvalue weighted by Crippen LogP contribution is 2.33. The highest BCUT2D eigenvalue weighted by atomic mass is 32.1. The number of hydrogen-bond donors (Lipinski definition) is 3. The van der Waals surface area contributed by atoms with Gasteiger partial charge in [-0.15, -0.1) is 22.7 Å². The molecule has 0 radical (unpaired) electrons. The van der Waals surface area contributed by atoms with Crippen LogP contribution in [-0.4, -0.2) is 39.9 Å². The number of hydrogen-bond acceptors (Lipinski definition) is 7. The lowest BCUT2D eigenvalue weighted by molar-refractivity contribution is -0.154. The van der Waals surface area contributed by atoms with Gasteiger partial charge in [0.05, 0.1) is 9.75 Å². The number of amides is 2. The maximum Gasteiger partial charge on any atom is 0.332 e. The van der Waals surface area contributed by atoms with Gasteiger partial charge in [-0.2, -0.15) is 0 Å². The molecule has 2 heterocycles. The number of aliphatic carboxylic acids is 1. The number of rotatable bonds is 8. The molecule has 2 aliphatic rings. The Kier molecular flexibility index (Phi) is 10.7. The van der Waals surface area contributed by atoms with E-state index in [0.29, 0.717) is 35.4 Å². The molecule has 3 N–H and O–H groups in total. The molecule has 2 amide bonds. The van der Waals surface area contributed by atoms with Crippen LogP contribution in [0.15, 0.2) is 91.0 Å². The van der Waals surface area contributed by atoms with E-state index in [1.165, 1.54) is 22.7 Å². The number of nitrogens with one attached hydrogen (secondary N) is 2. The van der Waals surface area contributed by atoms with Crippen molar-refractivity contribution in [3.63, 3.8) is 0 Å². The predicted molar refractivity (Wildman–Crippen MR) is 194 cm³/mol. The lowest BCUT2D eigenvalue weighted by Gasteiger charge is -2.35. The van der Waals surface area contributed by atoms with Gasteiger partial charge in [-0.05, 0) is 66.3 Å². The Balaban J connectivity index is 0.000000177. The third kappa shape index (κ3) is 8.03. The SMILES string of the molecule is O=C(NC1(C(=O)O)CCCCC1)c1cc2ccccc2s1.O=C(NC1(C(=O)OCc2ccccc2)CCCCC1)c1cc2ccccc2s1. The predicted octanol–water partition coefficient (Wildman–Crippen LogP) is 8.50. The van der Waals surface area contributed by atoms with Crippen molar-refractivity contribution < 1.29 is 29.0 Å². The van der Waals surface area contributed by atoms with Crippen LogP contribution in [0.2, 0.25) is 0 Å². The molecule has 0 unspecified atom stereocenters. The van der Waals surface area contributed by atoms with Gasteiger partial charge in [0.1, 0.15) is 17.7 Å². The van der Waals surface area contributed by atoms with Crippen LogP contribution >= 0.6 is 22.7 Å². The van der Waals surface area contributed by atoms with Crippen molar-refractivity contribution in [3.05, 3.63) is 106 Å². The molecule has 0 bridgehead atoms. The number of esters is 1. The molecule has 0 aliphatic heterocycles. The lowest BCUT2D eigenvalue weighted by atomic mass is 9.81. The van der Waals surface area contributed by atoms with Gasteiger partial charge in [-0.25, -0.2) is 9.59 Å². The zero-order valence-electron chi connectivity index (χ0n) is 27.2. The Bertz CT molecular complexity index is 1870. The Labute approximate surface area is 293 Å². The van der Waals surface area contributed by atoms with Crippen LogP contribution < -0.4 is 10.6 Å². The van der Waals surface area contributed by atoms with Crippen molar-refractivity contribution >= 4 is 66.6 Å². The summed E-state index contributed by atoms with van der Waals surface area (Å²) in [7, 11) is 0. The molecule has 0 spiro atoms. The van der Waals surface area contributed by atoms with Gasteiger partial charge in [0, 0.05) is 9.40 Å². The van der Waals surface area contributed by atoms with E-state index in [0.717, 1.165) is 64.3 Å². The molecule has 0 saturated heterocycles. The first-order valence-corrected chi connectivity index (χ1v) is 18.5. The fraction of sp³-hybridized carbons (Fsp3) is 0.333. The maximum absolute atomic E-state index is 13.0. The Hall–Kier alpha value is -4.54. The van der Waals surface area contributed by atoms with Gasteiger partial charge >= 0.3 is 11.9 Å². The van der Waals surface area contributed by atoms with E-state index in [4.69, 9.17) is 4.74 Å². The van der Waals surface area contributed by atoms with E-state index < -0.39 is 17.0 Å². The molecular weight excluding hydrogens is 657 g/mol. The standard InChI is InChI=1S/C23H23NO3S.C16H17NO3S/c25-21(20-15-18-11-5-6-12-19(18)28-20)24-23(13-7-2-8-14-23)22(26)27-16-17-9-3-1-4-10-17;18-14(13-10-11-6-2-3-7-12(11)21-13)17-16(15(19)20)8-4-1-5-9-16/h1,3-6,9-12,15H,2,7-8,13-14,16H2,(H,24,25);2-3,6-7,10H,1,4-5,8-9H2,(H,17,18)(H,19,20). The summed E-state index contributed by atoms with van der Waals surface area (Å²) < 4.78 is 7.72. The van der Waals surface area contributed by atoms with Crippen LogP contribution in [0.25, 0.3) is 20.2 Å². The number of thiophene rings is 2. The molecule has 2 aromatic heterocycles.